The number of nitrogens with zero attached hydrogens (tertiary/aromatic N) is 2. The molecule has 2 fully saturated rings. The first-order chi connectivity index (χ1) is 13.0. The van der Waals surface area contributed by atoms with E-state index in [1.165, 1.54) is 19.2 Å². The number of amides is 1. The first kappa shape index (κ1) is 19.1. The maximum atomic E-state index is 12.6. The molecule has 1 amide bonds. The minimum Gasteiger partial charge on any atom is -0.477 e. The van der Waals surface area contributed by atoms with Gasteiger partial charge in [-0.25, -0.2) is 4.79 Å². The lowest BCUT2D eigenvalue weighted by Gasteiger charge is -2.43. The van der Waals surface area contributed by atoms with Crippen LogP contribution in [0.5, 0.6) is 5.75 Å². The molecule has 2 unspecified atom stereocenters. The molecule has 0 N–H and O–H groups in total. The zero-order chi connectivity index (χ0) is 19.4. The average molecular weight is 378 g/mol. The molecule has 1 saturated carbocycles. The van der Waals surface area contributed by atoms with Crippen molar-refractivity contribution in [3.05, 3.63) is 33.9 Å². The Hall–Kier alpha value is -2.68. The van der Waals surface area contributed by atoms with Gasteiger partial charge in [-0.1, -0.05) is 12.8 Å². The van der Waals surface area contributed by atoms with Crippen LogP contribution >= 0.6 is 0 Å². The largest absolute Gasteiger partial charge is 0.477 e. The van der Waals surface area contributed by atoms with E-state index in [4.69, 9.17) is 9.47 Å². The van der Waals surface area contributed by atoms with Crippen molar-refractivity contribution in [2.45, 2.75) is 37.8 Å². The van der Waals surface area contributed by atoms with Gasteiger partial charge >= 0.3 is 11.7 Å². The molecule has 1 aromatic carbocycles. The molecule has 0 bridgehead atoms. The summed E-state index contributed by atoms with van der Waals surface area (Å²) in [4.78, 5) is 36.6. The van der Waals surface area contributed by atoms with Gasteiger partial charge in [0.15, 0.2) is 12.4 Å². The smallest absolute Gasteiger partial charge is 0.338 e. The number of benzene rings is 1. The lowest BCUT2D eigenvalue weighted by Crippen LogP contribution is -2.55. The van der Waals surface area contributed by atoms with Gasteiger partial charge in [-0.2, -0.15) is 0 Å². The number of carbonyl (C=O) groups is 2. The number of esters is 1. The molecular weight excluding hydrogens is 356 g/mol. The van der Waals surface area contributed by atoms with Gasteiger partial charge in [0.05, 0.1) is 36.3 Å². The Morgan fingerprint density at radius 1 is 1.33 bits per heavy atom. The van der Waals surface area contributed by atoms with Crippen LogP contribution in [0.4, 0.5) is 5.69 Å². The van der Waals surface area contributed by atoms with Gasteiger partial charge in [0.1, 0.15) is 0 Å². The van der Waals surface area contributed by atoms with Crippen LogP contribution in [-0.2, 0) is 14.3 Å². The molecule has 3 rings (SSSR count). The summed E-state index contributed by atoms with van der Waals surface area (Å²) in [5.74, 6) is -0.964. The molecule has 1 saturated heterocycles. The van der Waals surface area contributed by atoms with Crippen LogP contribution in [0.15, 0.2) is 18.2 Å². The Kier molecular flexibility index (Phi) is 5.90. The fourth-order valence-electron chi connectivity index (χ4n) is 3.66. The Balaban J connectivity index is 1.69. The molecule has 1 heterocycles. The van der Waals surface area contributed by atoms with Gasteiger partial charge in [0.2, 0.25) is 0 Å². The molecule has 0 radical (unpaired) electrons. The molecule has 1 aromatic rings. The van der Waals surface area contributed by atoms with Gasteiger partial charge in [-0.05, 0) is 25.0 Å². The lowest BCUT2D eigenvalue weighted by atomic mass is 9.90. The Morgan fingerprint density at radius 3 is 2.85 bits per heavy atom. The van der Waals surface area contributed by atoms with E-state index < -0.39 is 10.9 Å². The summed E-state index contributed by atoms with van der Waals surface area (Å²) in [5, 5.41) is 11.3. The molecule has 9 heteroatoms. The zero-order valence-corrected chi connectivity index (χ0v) is 15.1. The number of carbonyl (C=O) groups excluding carboxylic acids is 2. The summed E-state index contributed by atoms with van der Waals surface area (Å²) in [6.45, 7) is 0.676. The molecule has 2 aliphatic rings. The number of hydrogen-bond donors (Lipinski definition) is 0. The minimum atomic E-state index is -0.683. The highest BCUT2D eigenvalue weighted by Gasteiger charge is 2.36. The molecule has 2 atom stereocenters. The Bertz CT molecular complexity index is 734. The standard InChI is InChI=1S/C18H22N2O7/c1-25-18(22)12-6-7-16(14(10-12)20(23)24)27-11-17(21)19-8-9-26-15-5-3-2-4-13(15)19/h6-7,10,13,15H,2-5,8-9,11H2,1H3. The summed E-state index contributed by atoms with van der Waals surface area (Å²) in [6.07, 6.45) is 4.04. The third-order valence-corrected chi connectivity index (χ3v) is 4.98. The number of ether oxygens (including phenoxy) is 3. The normalized spacial score (nSPS) is 21.9. The number of methoxy groups -OCH3 is 1. The quantitative estimate of drug-likeness (QED) is 0.437. The number of nitro groups is 1. The monoisotopic (exact) mass is 378 g/mol. The fourth-order valence-corrected chi connectivity index (χ4v) is 3.66. The van der Waals surface area contributed by atoms with Crippen LogP contribution in [0.25, 0.3) is 0 Å². The van der Waals surface area contributed by atoms with E-state index >= 15 is 0 Å². The summed E-state index contributed by atoms with van der Waals surface area (Å²) >= 11 is 0. The van der Waals surface area contributed by atoms with Crippen molar-refractivity contribution in [2.75, 3.05) is 26.9 Å². The van der Waals surface area contributed by atoms with Gasteiger partial charge in [-0.15, -0.1) is 0 Å². The van der Waals surface area contributed by atoms with Crippen LogP contribution in [0.3, 0.4) is 0 Å². The van der Waals surface area contributed by atoms with E-state index in [-0.39, 0.29) is 41.7 Å². The molecule has 1 aliphatic carbocycles. The first-order valence-corrected chi connectivity index (χ1v) is 8.92. The minimum absolute atomic E-state index is 0.0419. The highest BCUT2D eigenvalue weighted by molar-refractivity contribution is 5.90. The average Bonchev–Trinajstić information content (AvgIpc) is 2.70. The summed E-state index contributed by atoms with van der Waals surface area (Å²) in [7, 11) is 1.19. The van der Waals surface area contributed by atoms with Crippen molar-refractivity contribution < 1.29 is 28.7 Å². The topological polar surface area (TPSA) is 108 Å². The Morgan fingerprint density at radius 2 is 2.11 bits per heavy atom. The Labute approximate surface area is 156 Å². The SMILES string of the molecule is COC(=O)c1ccc(OCC(=O)N2CCOC3CCCCC32)c([N+](=O)[O-])c1. The molecule has 27 heavy (non-hydrogen) atoms. The van der Waals surface area contributed by atoms with Crippen LogP contribution < -0.4 is 4.74 Å². The van der Waals surface area contributed by atoms with E-state index in [9.17, 15) is 19.7 Å². The number of rotatable bonds is 5. The van der Waals surface area contributed by atoms with Gasteiger partial charge in [-0.3, -0.25) is 14.9 Å². The van der Waals surface area contributed by atoms with Crippen LogP contribution in [0.2, 0.25) is 0 Å². The van der Waals surface area contributed by atoms with Gasteiger partial charge in [0, 0.05) is 12.6 Å². The summed E-state index contributed by atoms with van der Waals surface area (Å²) in [5.41, 5.74) is -0.343. The number of hydrogen-bond acceptors (Lipinski definition) is 7. The van der Waals surface area contributed by atoms with Crippen molar-refractivity contribution in [2.24, 2.45) is 0 Å². The molecule has 0 aromatic heterocycles. The third-order valence-electron chi connectivity index (χ3n) is 4.98. The van der Waals surface area contributed by atoms with Crippen LogP contribution in [0, 0.1) is 10.1 Å². The van der Waals surface area contributed by atoms with E-state index in [2.05, 4.69) is 4.74 Å². The molecule has 1 aliphatic heterocycles. The van der Waals surface area contributed by atoms with Crippen molar-refractivity contribution in [1.82, 2.24) is 4.90 Å². The van der Waals surface area contributed by atoms with Crippen LogP contribution in [-0.4, -0.2) is 60.7 Å². The fraction of sp³-hybridized carbons (Fsp3) is 0.556. The van der Waals surface area contributed by atoms with Crippen LogP contribution in [0.1, 0.15) is 36.0 Å². The highest BCUT2D eigenvalue weighted by atomic mass is 16.6. The maximum absolute atomic E-state index is 12.6. The summed E-state index contributed by atoms with van der Waals surface area (Å²) in [6, 6.07) is 3.79. The van der Waals surface area contributed by atoms with Crippen molar-refractivity contribution >= 4 is 17.6 Å². The second kappa shape index (κ2) is 8.34. The highest BCUT2D eigenvalue weighted by Crippen LogP contribution is 2.30. The van der Waals surface area contributed by atoms with E-state index in [0.717, 1.165) is 31.7 Å². The molecule has 146 valence electrons. The van der Waals surface area contributed by atoms with Crippen molar-refractivity contribution in [3.8, 4) is 5.75 Å². The molecule has 9 nitrogen and oxygen atoms in total. The van der Waals surface area contributed by atoms with Gasteiger partial charge in [0.25, 0.3) is 5.91 Å². The zero-order valence-electron chi connectivity index (χ0n) is 15.1. The predicted molar refractivity (Wildman–Crippen MR) is 93.6 cm³/mol. The lowest BCUT2D eigenvalue weighted by molar-refractivity contribution is -0.385. The maximum Gasteiger partial charge on any atom is 0.338 e. The number of morpholine rings is 1. The number of nitro benzene ring substituents is 1. The molecule has 0 spiro atoms. The predicted octanol–water partition coefficient (Wildman–Crippen LogP) is 1.93. The van der Waals surface area contributed by atoms with Crippen molar-refractivity contribution in [3.63, 3.8) is 0 Å². The number of fused-ring (bicyclic) bond motifs is 1. The van der Waals surface area contributed by atoms with Crippen molar-refractivity contribution in [1.29, 1.82) is 0 Å². The molecular formula is C18H22N2O7. The van der Waals surface area contributed by atoms with E-state index in [0.29, 0.717) is 13.2 Å². The van der Waals surface area contributed by atoms with Gasteiger partial charge < -0.3 is 19.1 Å². The first-order valence-electron chi connectivity index (χ1n) is 8.92. The second-order valence-corrected chi connectivity index (χ2v) is 6.57. The van der Waals surface area contributed by atoms with E-state index in [1.54, 1.807) is 4.90 Å². The summed E-state index contributed by atoms with van der Waals surface area (Å²) < 4.78 is 15.8. The second-order valence-electron chi connectivity index (χ2n) is 6.57. The van der Waals surface area contributed by atoms with E-state index in [1.807, 2.05) is 0 Å². The third kappa shape index (κ3) is 4.19.